The number of aryl methyl sites for hydroxylation is 1. The monoisotopic (exact) mass is 286 g/mol. The van der Waals surface area contributed by atoms with Crippen molar-refractivity contribution in [2.45, 2.75) is 31.3 Å². The Morgan fingerprint density at radius 3 is 2.75 bits per heavy atom. The van der Waals surface area contributed by atoms with Crippen molar-refractivity contribution >= 4 is 5.97 Å². The average Bonchev–Trinajstić information content (AvgIpc) is 2.72. The van der Waals surface area contributed by atoms with Gasteiger partial charge in [-0.25, -0.2) is 9.59 Å². The van der Waals surface area contributed by atoms with Crippen LogP contribution in [0.5, 0.6) is 0 Å². The van der Waals surface area contributed by atoms with Crippen LogP contribution in [0.25, 0.3) is 0 Å². The van der Waals surface area contributed by atoms with Crippen LogP contribution in [0.3, 0.4) is 0 Å². The maximum absolute atomic E-state index is 11.7. The first-order chi connectivity index (χ1) is 9.31. The number of ether oxygens (including phenoxy) is 1. The summed E-state index contributed by atoms with van der Waals surface area (Å²) in [6.07, 6.45) is -1.54. The van der Waals surface area contributed by atoms with Gasteiger partial charge < -0.3 is 20.1 Å². The molecule has 20 heavy (non-hydrogen) atoms. The zero-order valence-electron chi connectivity index (χ0n) is 10.6. The van der Waals surface area contributed by atoms with Gasteiger partial charge in [-0.05, 0) is 6.92 Å². The SMILES string of the molecule is Cc1cn([C@H]2CC(O)[C@](CO)(C(=O)O)O2)c(=O)[nH]c1=O. The zero-order valence-corrected chi connectivity index (χ0v) is 10.6. The third-order valence-electron chi connectivity index (χ3n) is 3.36. The summed E-state index contributed by atoms with van der Waals surface area (Å²) in [5, 5.41) is 28.1. The second kappa shape index (κ2) is 4.85. The molecule has 0 spiro atoms. The Morgan fingerprint density at radius 2 is 2.25 bits per heavy atom. The molecule has 2 rings (SSSR count). The number of carboxylic acid groups (broad SMARTS) is 1. The van der Waals surface area contributed by atoms with Crippen LogP contribution >= 0.6 is 0 Å². The molecule has 0 aliphatic carbocycles. The Morgan fingerprint density at radius 1 is 1.60 bits per heavy atom. The van der Waals surface area contributed by atoms with Crippen molar-refractivity contribution in [2.75, 3.05) is 6.61 Å². The second-order valence-corrected chi connectivity index (χ2v) is 4.66. The smallest absolute Gasteiger partial charge is 0.341 e. The first kappa shape index (κ1) is 14.4. The fraction of sp³-hybridized carbons (Fsp3) is 0.545. The second-order valence-electron chi connectivity index (χ2n) is 4.66. The molecule has 2 heterocycles. The van der Waals surface area contributed by atoms with Crippen molar-refractivity contribution in [1.29, 1.82) is 0 Å². The largest absolute Gasteiger partial charge is 0.479 e. The third kappa shape index (κ3) is 2.05. The lowest BCUT2D eigenvalue weighted by Gasteiger charge is -2.25. The number of hydrogen-bond donors (Lipinski definition) is 4. The summed E-state index contributed by atoms with van der Waals surface area (Å²) in [7, 11) is 0. The molecule has 0 radical (unpaired) electrons. The lowest BCUT2D eigenvalue weighted by atomic mass is 9.98. The first-order valence-corrected chi connectivity index (χ1v) is 5.84. The zero-order chi connectivity index (χ0) is 15.1. The highest BCUT2D eigenvalue weighted by atomic mass is 16.6. The molecule has 0 bridgehead atoms. The minimum absolute atomic E-state index is 0.196. The Kier molecular flexibility index (Phi) is 3.50. The van der Waals surface area contributed by atoms with Crippen LogP contribution in [0.15, 0.2) is 15.8 Å². The van der Waals surface area contributed by atoms with Crippen LogP contribution in [0, 0.1) is 6.92 Å². The fourth-order valence-electron chi connectivity index (χ4n) is 2.12. The van der Waals surface area contributed by atoms with E-state index in [1.165, 1.54) is 13.1 Å². The summed E-state index contributed by atoms with van der Waals surface area (Å²) < 4.78 is 6.16. The summed E-state index contributed by atoms with van der Waals surface area (Å²) in [5.41, 5.74) is -3.28. The Labute approximate surface area is 112 Å². The molecule has 1 aromatic rings. The number of nitrogens with zero attached hydrogens (tertiary/aromatic N) is 1. The van der Waals surface area contributed by atoms with Crippen molar-refractivity contribution in [2.24, 2.45) is 0 Å². The van der Waals surface area contributed by atoms with Crippen molar-refractivity contribution in [3.05, 3.63) is 32.6 Å². The Balaban J connectivity index is 2.43. The van der Waals surface area contributed by atoms with Crippen molar-refractivity contribution in [3.63, 3.8) is 0 Å². The molecular formula is C11H14N2O7. The van der Waals surface area contributed by atoms with E-state index in [9.17, 15) is 24.6 Å². The van der Waals surface area contributed by atoms with Gasteiger partial charge in [0.1, 0.15) is 12.3 Å². The summed E-state index contributed by atoms with van der Waals surface area (Å²) >= 11 is 0. The average molecular weight is 286 g/mol. The van der Waals surface area contributed by atoms with E-state index in [-0.39, 0.29) is 12.0 Å². The van der Waals surface area contributed by atoms with E-state index >= 15 is 0 Å². The minimum atomic E-state index is -2.17. The van der Waals surface area contributed by atoms with Gasteiger partial charge in [0.2, 0.25) is 5.60 Å². The lowest BCUT2D eigenvalue weighted by molar-refractivity contribution is -0.184. The van der Waals surface area contributed by atoms with Gasteiger partial charge in [0.15, 0.2) is 0 Å². The number of aliphatic hydroxyl groups is 2. The van der Waals surface area contributed by atoms with Crippen LogP contribution < -0.4 is 11.2 Å². The number of hydrogen-bond acceptors (Lipinski definition) is 6. The topological polar surface area (TPSA) is 142 Å². The molecule has 1 unspecified atom stereocenters. The Bertz CT molecular complexity index is 649. The van der Waals surface area contributed by atoms with Crippen molar-refractivity contribution in [1.82, 2.24) is 9.55 Å². The van der Waals surface area contributed by atoms with E-state index in [0.717, 1.165) is 4.57 Å². The van der Waals surface area contributed by atoms with Crippen LogP contribution in [0.4, 0.5) is 0 Å². The summed E-state index contributed by atoms with van der Waals surface area (Å²) in [6.45, 7) is 0.535. The normalized spacial score (nSPS) is 29.6. The molecule has 0 amide bonds. The van der Waals surface area contributed by atoms with Crippen LogP contribution in [-0.2, 0) is 9.53 Å². The fourth-order valence-corrected chi connectivity index (χ4v) is 2.12. The first-order valence-electron chi connectivity index (χ1n) is 5.84. The molecule has 1 fully saturated rings. The molecule has 0 saturated carbocycles. The maximum atomic E-state index is 11.7. The van der Waals surface area contributed by atoms with Gasteiger partial charge in [0, 0.05) is 18.2 Å². The van der Waals surface area contributed by atoms with Crippen LogP contribution in [0.2, 0.25) is 0 Å². The van der Waals surface area contributed by atoms with Gasteiger partial charge >= 0.3 is 11.7 Å². The highest BCUT2D eigenvalue weighted by molar-refractivity contribution is 5.79. The molecule has 1 aliphatic heterocycles. The highest BCUT2D eigenvalue weighted by Crippen LogP contribution is 2.36. The quantitative estimate of drug-likeness (QED) is 0.500. The number of aliphatic carboxylic acids is 1. The summed E-state index contributed by atoms with van der Waals surface area (Å²) in [4.78, 5) is 36.2. The third-order valence-corrected chi connectivity index (χ3v) is 3.36. The van der Waals surface area contributed by atoms with Gasteiger partial charge in [0.25, 0.3) is 5.56 Å². The van der Waals surface area contributed by atoms with Crippen molar-refractivity contribution < 1.29 is 24.9 Å². The maximum Gasteiger partial charge on any atom is 0.341 e. The number of H-pyrrole nitrogens is 1. The predicted molar refractivity (Wildman–Crippen MR) is 64.3 cm³/mol. The molecular weight excluding hydrogens is 272 g/mol. The lowest BCUT2D eigenvalue weighted by Crippen LogP contribution is -2.50. The summed E-state index contributed by atoms with van der Waals surface area (Å²) in [5.74, 6) is -1.52. The van der Waals surface area contributed by atoms with Gasteiger partial charge in [-0.1, -0.05) is 0 Å². The van der Waals surface area contributed by atoms with E-state index in [1.54, 1.807) is 0 Å². The van der Waals surface area contributed by atoms with E-state index in [4.69, 9.17) is 9.84 Å². The van der Waals surface area contributed by atoms with Crippen molar-refractivity contribution in [3.8, 4) is 0 Å². The predicted octanol–water partition coefficient (Wildman–Crippen LogP) is -2.06. The molecule has 0 aromatic carbocycles. The van der Waals surface area contributed by atoms with Crippen LogP contribution in [0.1, 0.15) is 18.2 Å². The standard InChI is InChI=1S/C11H14N2O7/c1-5-3-13(10(19)12-8(5)16)7-2-6(15)11(4-14,20-7)9(17)18/h3,6-7,14-15H,2,4H2,1H3,(H,17,18)(H,12,16,19)/t6?,7-,11-/m1/s1. The number of carboxylic acids is 1. The molecule has 3 atom stereocenters. The molecule has 4 N–H and O–H groups in total. The van der Waals surface area contributed by atoms with E-state index in [0.29, 0.717) is 0 Å². The van der Waals surface area contributed by atoms with E-state index < -0.39 is 41.8 Å². The minimum Gasteiger partial charge on any atom is -0.479 e. The van der Waals surface area contributed by atoms with Gasteiger partial charge in [-0.15, -0.1) is 0 Å². The van der Waals surface area contributed by atoms with Gasteiger partial charge in [-0.2, -0.15) is 0 Å². The summed E-state index contributed by atoms with van der Waals surface area (Å²) in [6, 6.07) is 0. The number of carbonyl (C=O) groups is 1. The molecule has 1 aromatic heterocycles. The number of aromatic nitrogens is 2. The van der Waals surface area contributed by atoms with Gasteiger partial charge in [0.05, 0.1) is 6.61 Å². The molecule has 9 heteroatoms. The van der Waals surface area contributed by atoms with Gasteiger partial charge in [-0.3, -0.25) is 14.3 Å². The molecule has 1 aliphatic rings. The number of rotatable bonds is 3. The number of aliphatic hydroxyl groups excluding tert-OH is 2. The van der Waals surface area contributed by atoms with E-state index in [2.05, 4.69) is 4.98 Å². The molecule has 110 valence electrons. The van der Waals surface area contributed by atoms with E-state index in [1.807, 2.05) is 0 Å². The number of nitrogens with one attached hydrogen (secondary N) is 1. The molecule has 9 nitrogen and oxygen atoms in total. The Hall–Kier alpha value is -1.97. The highest BCUT2D eigenvalue weighted by Gasteiger charge is 2.54. The number of aromatic amines is 1. The van der Waals surface area contributed by atoms with Crippen LogP contribution in [-0.4, -0.2) is 49.2 Å². The molecule has 1 saturated heterocycles.